The lowest BCUT2D eigenvalue weighted by molar-refractivity contribution is -0.922. The van der Waals surface area contributed by atoms with Gasteiger partial charge in [0.05, 0.1) is 19.6 Å². The first-order valence-electron chi connectivity index (χ1n) is 8.93. The third-order valence-electron chi connectivity index (χ3n) is 6.78. The second-order valence-electron chi connectivity index (χ2n) is 7.97. The molecule has 1 saturated heterocycles. The summed E-state index contributed by atoms with van der Waals surface area (Å²) in [6.07, 6.45) is 12.5. The Labute approximate surface area is 128 Å². The Hall–Kier alpha value is -0.890. The van der Waals surface area contributed by atoms with Crippen LogP contribution in [0.1, 0.15) is 38.5 Å². The number of Topliss-reactive ketones (excluding diaryl/α,β-unsaturated/α-hetero) is 1. The van der Waals surface area contributed by atoms with Gasteiger partial charge in [0.1, 0.15) is 6.54 Å². The molecule has 4 aliphatic rings. The fraction of sp³-hybridized carbons (Fsp3) is 0.737. The summed E-state index contributed by atoms with van der Waals surface area (Å²) >= 11 is 0. The molecule has 0 amide bonds. The third-order valence-corrected chi connectivity index (χ3v) is 6.78. The van der Waals surface area contributed by atoms with E-state index in [2.05, 4.69) is 18.7 Å². The number of rotatable bonds is 4. The van der Waals surface area contributed by atoms with E-state index < -0.39 is 0 Å². The molecule has 1 aliphatic heterocycles. The molecule has 4 atom stereocenters. The van der Waals surface area contributed by atoms with Gasteiger partial charge in [-0.25, -0.2) is 0 Å². The molecule has 0 aromatic rings. The van der Waals surface area contributed by atoms with Crippen LogP contribution in [0.5, 0.6) is 0 Å². The van der Waals surface area contributed by atoms with Crippen LogP contribution in [0, 0.1) is 23.7 Å². The number of allylic oxidation sites excluding steroid dienone is 1. The van der Waals surface area contributed by atoms with Crippen molar-refractivity contribution in [2.24, 2.45) is 23.7 Å². The van der Waals surface area contributed by atoms with Crippen molar-refractivity contribution in [1.29, 1.82) is 0 Å². The van der Waals surface area contributed by atoms with E-state index in [9.17, 15) is 4.79 Å². The summed E-state index contributed by atoms with van der Waals surface area (Å²) < 4.78 is 1.09. The van der Waals surface area contributed by atoms with E-state index in [1.807, 2.05) is 0 Å². The maximum Gasteiger partial charge on any atom is 0.168 e. The molecule has 0 aromatic carbocycles. The topological polar surface area (TPSA) is 17.1 Å². The lowest BCUT2D eigenvalue weighted by Crippen LogP contribution is -2.53. The summed E-state index contributed by atoms with van der Waals surface area (Å²) in [5.74, 6) is 3.07. The van der Waals surface area contributed by atoms with E-state index in [0.29, 0.717) is 17.6 Å². The van der Waals surface area contributed by atoms with Gasteiger partial charge in [0.2, 0.25) is 0 Å². The summed E-state index contributed by atoms with van der Waals surface area (Å²) in [6.45, 7) is 8.45. The van der Waals surface area contributed by atoms with Crippen LogP contribution in [0.4, 0.5) is 0 Å². The van der Waals surface area contributed by atoms with Crippen molar-refractivity contribution in [3.8, 4) is 0 Å². The fourth-order valence-electron chi connectivity index (χ4n) is 5.85. The largest absolute Gasteiger partial charge is 0.317 e. The van der Waals surface area contributed by atoms with Crippen molar-refractivity contribution in [2.75, 3.05) is 26.2 Å². The average Bonchev–Trinajstić information content (AvgIpc) is 3.15. The molecule has 0 spiro atoms. The summed E-state index contributed by atoms with van der Waals surface area (Å²) in [5, 5.41) is 0. The molecule has 2 heteroatoms. The second kappa shape index (κ2) is 5.08. The van der Waals surface area contributed by atoms with Crippen molar-refractivity contribution in [3.63, 3.8) is 0 Å². The third kappa shape index (κ3) is 2.14. The van der Waals surface area contributed by atoms with E-state index >= 15 is 0 Å². The summed E-state index contributed by atoms with van der Waals surface area (Å²) in [6, 6.07) is 0. The van der Waals surface area contributed by atoms with E-state index in [1.54, 1.807) is 0 Å². The van der Waals surface area contributed by atoms with Crippen LogP contribution in [0.25, 0.3) is 0 Å². The zero-order valence-corrected chi connectivity index (χ0v) is 13.1. The number of hydrogen-bond acceptors (Lipinski definition) is 1. The van der Waals surface area contributed by atoms with Gasteiger partial charge in [0.15, 0.2) is 5.78 Å². The summed E-state index contributed by atoms with van der Waals surface area (Å²) in [5.41, 5.74) is 1.19. The van der Waals surface area contributed by atoms with Crippen LogP contribution in [-0.4, -0.2) is 36.4 Å². The molecular formula is C19H28NO+. The molecular weight excluding hydrogens is 258 g/mol. The number of carbonyl (C=O) groups is 1. The first kappa shape index (κ1) is 13.8. The molecule has 3 fully saturated rings. The Balaban J connectivity index is 1.55. The quantitative estimate of drug-likeness (QED) is 0.572. The number of ketones is 1. The minimum absolute atomic E-state index is 0.382. The predicted octanol–water partition coefficient (Wildman–Crippen LogP) is 3.34. The molecule has 4 rings (SSSR count). The molecule has 2 saturated carbocycles. The molecule has 1 heterocycles. The van der Waals surface area contributed by atoms with Crippen molar-refractivity contribution in [3.05, 3.63) is 24.3 Å². The van der Waals surface area contributed by atoms with E-state index in [-0.39, 0.29) is 0 Å². The average molecular weight is 286 g/mol. The molecule has 114 valence electrons. The van der Waals surface area contributed by atoms with Gasteiger partial charge in [-0.2, -0.15) is 0 Å². The lowest BCUT2D eigenvalue weighted by Gasteiger charge is -2.41. The maximum atomic E-state index is 12.9. The SMILES string of the molecule is C=CC[N+]1(CC2=CC3C4CCC(C4)C3C2=O)CCCCC1. The molecule has 0 aromatic heterocycles. The Bertz CT molecular complexity index is 486. The minimum Gasteiger partial charge on any atom is -0.317 e. The maximum absolute atomic E-state index is 12.9. The van der Waals surface area contributed by atoms with Gasteiger partial charge in [-0.15, -0.1) is 0 Å². The molecule has 0 radical (unpaired) electrons. The van der Waals surface area contributed by atoms with Gasteiger partial charge in [-0.1, -0.05) is 12.7 Å². The molecule has 2 bridgehead atoms. The van der Waals surface area contributed by atoms with Crippen LogP contribution in [0.3, 0.4) is 0 Å². The molecule has 2 nitrogen and oxygen atoms in total. The molecule has 3 aliphatic carbocycles. The predicted molar refractivity (Wildman–Crippen MR) is 84.7 cm³/mol. The summed E-state index contributed by atoms with van der Waals surface area (Å²) in [4.78, 5) is 12.9. The van der Waals surface area contributed by atoms with Gasteiger partial charge in [-0.3, -0.25) is 4.79 Å². The van der Waals surface area contributed by atoms with Crippen LogP contribution in [0.15, 0.2) is 24.3 Å². The van der Waals surface area contributed by atoms with Gasteiger partial charge >= 0.3 is 0 Å². The summed E-state index contributed by atoms with van der Waals surface area (Å²) in [7, 11) is 0. The monoisotopic (exact) mass is 286 g/mol. The van der Waals surface area contributed by atoms with Crippen molar-refractivity contribution < 1.29 is 9.28 Å². The molecule has 21 heavy (non-hydrogen) atoms. The number of nitrogens with zero attached hydrogens (tertiary/aromatic N) is 1. The zero-order valence-electron chi connectivity index (χ0n) is 13.1. The van der Waals surface area contributed by atoms with Gasteiger partial charge in [0, 0.05) is 11.5 Å². The second-order valence-corrected chi connectivity index (χ2v) is 7.97. The van der Waals surface area contributed by atoms with Crippen LogP contribution >= 0.6 is 0 Å². The number of fused-ring (bicyclic) bond motifs is 5. The molecule has 0 N–H and O–H groups in total. The van der Waals surface area contributed by atoms with Gasteiger partial charge in [-0.05, 0) is 62.4 Å². The van der Waals surface area contributed by atoms with E-state index in [0.717, 1.165) is 29.4 Å². The van der Waals surface area contributed by atoms with Gasteiger partial charge in [0.25, 0.3) is 0 Å². The van der Waals surface area contributed by atoms with Crippen molar-refractivity contribution >= 4 is 5.78 Å². The van der Waals surface area contributed by atoms with Crippen LogP contribution in [-0.2, 0) is 4.79 Å². The lowest BCUT2D eigenvalue weighted by atomic mass is 9.81. The highest BCUT2D eigenvalue weighted by atomic mass is 16.1. The first-order valence-corrected chi connectivity index (χ1v) is 8.93. The highest BCUT2D eigenvalue weighted by Gasteiger charge is 2.54. The number of hydrogen-bond donors (Lipinski definition) is 0. The first-order chi connectivity index (χ1) is 10.2. The Morgan fingerprint density at radius 2 is 1.95 bits per heavy atom. The minimum atomic E-state index is 0.382. The fourth-order valence-corrected chi connectivity index (χ4v) is 5.85. The number of carbonyl (C=O) groups excluding carboxylic acids is 1. The van der Waals surface area contributed by atoms with Crippen LogP contribution in [0.2, 0.25) is 0 Å². The number of piperidine rings is 1. The molecule has 4 unspecified atom stereocenters. The number of quaternary nitrogens is 1. The Kier molecular flexibility index (Phi) is 3.33. The Morgan fingerprint density at radius 1 is 1.19 bits per heavy atom. The number of likely N-dealkylation sites (tertiary alicyclic amines) is 1. The van der Waals surface area contributed by atoms with Crippen molar-refractivity contribution in [2.45, 2.75) is 38.5 Å². The van der Waals surface area contributed by atoms with Crippen molar-refractivity contribution in [1.82, 2.24) is 0 Å². The van der Waals surface area contributed by atoms with E-state index in [4.69, 9.17) is 0 Å². The smallest absolute Gasteiger partial charge is 0.168 e. The normalized spacial score (nSPS) is 40.2. The van der Waals surface area contributed by atoms with Gasteiger partial charge < -0.3 is 4.48 Å². The Morgan fingerprint density at radius 3 is 2.67 bits per heavy atom. The standard InChI is InChI=1S/C19H28NO/c1-2-8-20(9-4-3-5-10-20)13-16-12-17-14-6-7-15(11-14)18(17)19(16)21/h2,12,14-15,17-18H,1,3-11,13H2/q+1. The zero-order chi connectivity index (χ0) is 14.4. The highest BCUT2D eigenvalue weighted by Crippen LogP contribution is 2.56. The highest BCUT2D eigenvalue weighted by molar-refractivity contribution is 6.00. The van der Waals surface area contributed by atoms with E-state index in [1.165, 1.54) is 57.2 Å². The van der Waals surface area contributed by atoms with Crippen LogP contribution < -0.4 is 0 Å².